The van der Waals surface area contributed by atoms with Crippen LogP contribution in [0, 0.1) is 107 Å². The van der Waals surface area contributed by atoms with Crippen molar-refractivity contribution in [1.82, 2.24) is 31.9 Å². The zero-order valence-electron chi connectivity index (χ0n) is 50.1. The lowest BCUT2D eigenvalue weighted by molar-refractivity contribution is -0.136. The molecule has 26 atom stereocenters. The summed E-state index contributed by atoms with van der Waals surface area (Å²) in [4.78, 5) is 0. The average molecular weight is 1060 g/mol. The summed E-state index contributed by atoms with van der Waals surface area (Å²) in [7, 11) is 0. The summed E-state index contributed by atoms with van der Waals surface area (Å²) in [5.74, 6) is 11.3. The number of hydrogen-bond donors (Lipinski definition) is 8. The lowest BCUT2D eigenvalue weighted by Crippen LogP contribution is -2.75. The SMILES string of the molecule is CC1CCC(C2NC(C3CCC(C)CC3C)NC(C3C(O)CC(OCCCCCCCCOC4CC(O)C5CCCCC5C4C4NC(C5CCC(C)CC5C)NC(C5CCC(C)CC5C)N4)C4CCCCC43)N2)C(C)C1. The maximum absolute atomic E-state index is 12.3. The number of nitrogens with one attached hydrogen (secondary N) is 6. The predicted octanol–water partition coefficient (Wildman–Crippen LogP) is 12.3. The van der Waals surface area contributed by atoms with Crippen molar-refractivity contribution in [2.24, 2.45) is 107 Å². The number of rotatable bonds is 17. The zero-order chi connectivity index (χ0) is 53.0. The van der Waals surface area contributed by atoms with E-state index in [1.165, 1.54) is 154 Å². The van der Waals surface area contributed by atoms with Gasteiger partial charge in [0.25, 0.3) is 0 Å². The lowest BCUT2D eigenvalue weighted by Gasteiger charge is -2.56. The Morgan fingerprint density at radius 2 is 0.632 bits per heavy atom. The Balaban J connectivity index is 0.699. The molecule has 0 radical (unpaired) electrons. The summed E-state index contributed by atoms with van der Waals surface area (Å²) in [6, 6.07) is 0. The summed E-state index contributed by atoms with van der Waals surface area (Å²) in [6.45, 7) is 21.5. The van der Waals surface area contributed by atoms with Gasteiger partial charge >= 0.3 is 0 Å². The van der Waals surface area contributed by atoms with Gasteiger partial charge in [0.15, 0.2) is 0 Å². The molecule has 0 aromatic heterocycles. The molecule has 10 heteroatoms. The van der Waals surface area contributed by atoms with Crippen LogP contribution in [0.15, 0.2) is 0 Å². The zero-order valence-corrected chi connectivity index (χ0v) is 50.1. The minimum atomic E-state index is -0.343. The quantitative estimate of drug-likeness (QED) is 0.0667. The van der Waals surface area contributed by atoms with Crippen molar-refractivity contribution >= 4 is 0 Å². The van der Waals surface area contributed by atoms with Crippen LogP contribution in [0.25, 0.3) is 0 Å². The van der Waals surface area contributed by atoms with Gasteiger partial charge in [-0.1, -0.05) is 132 Å². The van der Waals surface area contributed by atoms with E-state index >= 15 is 0 Å². The van der Waals surface area contributed by atoms with Crippen LogP contribution in [0.2, 0.25) is 0 Å². The molecule has 76 heavy (non-hydrogen) atoms. The van der Waals surface area contributed by atoms with Crippen molar-refractivity contribution in [2.45, 2.75) is 297 Å². The van der Waals surface area contributed by atoms with Crippen molar-refractivity contribution in [3.8, 4) is 0 Å². The van der Waals surface area contributed by atoms with E-state index in [-0.39, 0.29) is 42.7 Å². The highest BCUT2D eigenvalue weighted by Gasteiger charge is 2.54. The van der Waals surface area contributed by atoms with E-state index in [1.807, 2.05) is 0 Å². The number of aliphatic hydroxyl groups is 2. The molecule has 26 unspecified atom stereocenters. The topological polar surface area (TPSA) is 131 Å². The Labute approximate surface area is 466 Å². The van der Waals surface area contributed by atoms with Gasteiger partial charge in [-0.2, -0.15) is 0 Å². The summed E-state index contributed by atoms with van der Waals surface area (Å²) >= 11 is 0. The number of ether oxygens (including phenoxy) is 2. The minimum absolute atomic E-state index is 0.0886. The second-order valence-corrected chi connectivity index (χ2v) is 30.0. The monoisotopic (exact) mass is 1060 g/mol. The fourth-order valence-electron chi connectivity index (χ4n) is 20.3. The highest BCUT2D eigenvalue weighted by atomic mass is 16.5. The standard InChI is InChI=1S/C66H120N6O4/c1-39-23-27-47(43(5)33-39)61-67-62(48-28-24-40(2)34-44(48)6)70-65(69-61)59-54-22-16-14-20-52(54)57(38-56(59)74)75-31-17-11-9-10-12-18-32-76-58-37-55(73)51-19-13-15-21-53(51)60(58)66-71-63(49-29-25-41(3)35-45(49)7)68-64(72-66)50-30-26-42(4)36-46(50)8/h39-74H,9-38H2,1-8H3. The molecule has 0 spiro atoms. The van der Waals surface area contributed by atoms with Crippen LogP contribution in [0.4, 0.5) is 0 Å². The molecule has 10 nitrogen and oxygen atoms in total. The van der Waals surface area contributed by atoms with Crippen molar-refractivity contribution in [1.29, 1.82) is 0 Å². The maximum atomic E-state index is 12.3. The second-order valence-electron chi connectivity index (χ2n) is 30.0. The fourth-order valence-corrected chi connectivity index (χ4v) is 20.3. The molecular weight excluding hydrogens is 941 g/mol. The fraction of sp³-hybridized carbons (Fsp3) is 1.00. The molecule has 438 valence electrons. The molecule has 8 N–H and O–H groups in total. The second kappa shape index (κ2) is 27.3. The van der Waals surface area contributed by atoms with Gasteiger partial charge in [0.1, 0.15) is 0 Å². The Kier molecular flexibility index (Phi) is 21.1. The van der Waals surface area contributed by atoms with Crippen molar-refractivity contribution in [2.75, 3.05) is 13.2 Å². The molecule has 0 aromatic carbocycles. The van der Waals surface area contributed by atoms with Gasteiger partial charge in [0.05, 0.1) is 61.4 Å². The smallest absolute Gasteiger partial charge is 0.0658 e. The first-order valence-electron chi connectivity index (χ1n) is 33.9. The third-order valence-corrected chi connectivity index (χ3v) is 24.4. The van der Waals surface area contributed by atoms with Crippen LogP contribution in [-0.2, 0) is 9.47 Å². The van der Waals surface area contributed by atoms with Gasteiger partial charge in [-0.25, -0.2) is 0 Å². The van der Waals surface area contributed by atoms with Crippen LogP contribution >= 0.6 is 0 Å². The van der Waals surface area contributed by atoms with Crippen molar-refractivity contribution in [3.05, 3.63) is 0 Å². The van der Waals surface area contributed by atoms with Crippen molar-refractivity contribution < 1.29 is 19.7 Å². The summed E-state index contributed by atoms with van der Waals surface area (Å²) in [5, 5.41) is 49.6. The highest BCUT2D eigenvalue weighted by Crippen LogP contribution is 2.50. The molecule has 0 amide bonds. The number of unbranched alkanes of at least 4 members (excludes halogenated alkanes) is 5. The van der Waals surface area contributed by atoms with Gasteiger partial charge < -0.3 is 19.7 Å². The van der Waals surface area contributed by atoms with Crippen LogP contribution in [0.3, 0.4) is 0 Å². The molecule has 2 heterocycles. The van der Waals surface area contributed by atoms with Gasteiger partial charge in [-0.15, -0.1) is 0 Å². The number of aliphatic hydroxyl groups excluding tert-OH is 2. The molecule has 10 aliphatic rings. The molecule has 0 aromatic rings. The number of fused-ring (bicyclic) bond motifs is 2. The summed E-state index contributed by atoms with van der Waals surface area (Å²) < 4.78 is 14.0. The highest BCUT2D eigenvalue weighted by molar-refractivity contribution is 5.06. The summed E-state index contributed by atoms with van der Waals surface area (Å²) in [6.07, 6.45) is 35.9. The Morgan fingerprint density at radius 1 is 0.303 bits per heavy atom. The normalized spacial score (nSPS) is 50.6. The van der Waals surface area contributed by atoms with Crippen LogP contribution < -0.4 is 31.9 Å². The van der Waals surface area contributed by atoms with Gasteiger partial charge in [-0.05, 0) is 185 Å². The third-order valence-electron chi connectivity index (χ3n) is 24.4. The van der Waals surface area contributed by atoms with Gasteiger partial charge in [-0.3, -0.25) is 31.9 Å². The van der Waals surface area contributed by atoms with E-state index in [2.05, 4.69) is 87.3 Å². The molecule has 8 saturated carbocycles. The maximum Gasteiger partial charge on any atom is 0.0658 e. The van der Waals surface area contributed by atoms with E-state index in [0.717, 1.165) is 74.4 Å². The Bertz CT molecular complexity index is 1680. The first-order chi connectivity index (χ1) is 36.8. The minimum Gasteiger partial charge on any atom is -0.393 e. The molecule has 8 aliphatic carbocycles. The molecular formula is C66H120N6O4. The van der Waals surface area contributed by atoms with Crippen molar-refractivity contribution in [3.63, 3.8) is 0 Å². The van der Waals surface area contributed by atoms with E-state index < -0.39 is 0 Å². The third kappa shape index (κ3) is 14.0. The largest absolute Gasteiger partial charge is 0.393 e. The predicted molar refractivity (Wildman–Crippen MR) is 311 cm³/mol. The molecule has 10 rings (SSSR count). The first-order valence-corrected chi connectivity index (χ1v) is 33.9. The molecule has 2 aliphatic heterocycles. The van der Waals surface area contributed by atoms with E-state index in [1.54, 1.807) is 0 Å². The molecule has 2 saturated heterocycles. The summed E-state index contributed by atoms with van der Waals surface area (Å²) in [5.41, 5.74) is 0. The first kappa shape index (κ1) is 58.8. The van der Waals surface area contributed by atoms with Gasteiger partial charge in [0, 0.05) is 37.9 Å². The molecule has 0 bridgehead atoms. The Hall–Kier alpha value is -0.400. The Morgan fingerprint density at radius 3 is 1.05 bits per heavy atom. The van der Waals surface area contributed by atoms with E-state index in [9.17, 15) is 10.2 Å². The van der Waals surface area contributed by atoms with E-state index in [4.69, 9.17) is 9.47 Å². The van der Waals surface area contributed by atoms with Crippen LogP contribution in [0.1, 0.15) is 235 Å². The van der Waals surface area contributed by atoms with E-state index in [0.29, 0.717) is 89.8 Å². The van der Waals surface area contributed by atoms with Crippen LogP contribution in [0.5, 0.6) is 0 Å². The lowest BCUT2D eigenvalue weighted by atomic mass is 9.61. The van der Waals surface area contributed by atoms with Crippen LogP contribution in [-0.4, -0.2) is 84.8 Å². The molecule has 10 fully saturated rings. The average Bonchev–Trinajstić information content (AvgIpc) is 3.40. The van der Waals surface area contributed by atoms with Gasteiger partial charge in [0.2, 0.25) is 0 Å². The number of hydrogen-bond acceptors (Lipinski definition) is 10.